The Morgan fingerprint density at radius 3 is 2.96 bits per heavy atom. The van der Waals surface area contributed by atoms with E-state index < -0.39 is 0 Å². The Bertz CT molecular complexity index is 729. The van der Waals surface area contributed by atoms with E-state index in [0.717, 1.165) is 42.3 Å². The molecule has 0 aliphatic carbocycles. The van der Waals surface area contributed by atoms with Gasteiger partial charge in [-0.2, -0.15) is 4.98 Å². The van der Waals surface area contributed by atoms with Gasteiger partial charge >= 0.3 is 0 Å². The highest BCUT2D eigenvalue weighted by Crippen LogP contribution is 2.34. The van der Waals surface area contributed by atoms with Gasteiger partial charge < -0.3 is 16.0 Å². The topological polar surface area (TPSA) is 110 Å². The van der Waals surface area contributed by atoms with Crippen LogP contribution in [-0.4, -0.2) is 32.4 Å². The Balaban J connectivity index is 1.85. The molecule has 3 heterocycles. The van der Waals surface area contributed by atoms with Crippen LogP contribution >= 0.6 is 0 Å². The van der Waals surface area contributed by atoms with Crippen molar-refractivity contribution >= 4 is 17.7 Å². The highest BCUT2D eigenvalue weighted by molar-refractivity contribution is 5.72. The summed E-state index contributed by atoms with van der Waals surface area (Å²) in [5.74, 6) is 1.01. The Morgan fingerprint density at radius 1 is 1.38 bits per heavy atom. The summed E-state index contributed by atoms with van der Waals surface area (Å²) in [5, 5.41) is 2.75. The van der Waals surface area contributed by atoms with E-state index in [2.05, 4.69) is 30.2 Å². The number of rotatable bonds is 4. The fourth-order valence-corrected chi connectivity index (χ4v) is 2.95. The second kappa shape index (κ2) is 6.77. The molecule has 8 heteroatoms. The molecule has 1 atom stereocenters. The number of aromatic nitrogens is 4. The van der Waals surface area contributed by atoms with Gasteiger partial charge in [0.1, 0.15) is 5.82 Å². The van der Waals surface area contributed by atoms with E-state index in [4.69, 9.17) is 5.73 Å². The summed E-state index contributed by atoms with van der Waals surface area (Å²) >= 11 is 0. The number of nitrogens with two attached hydrogens (primary N) is 1. The molecule has 0 aromatic carbocycles. The first kappa shape index (κ1) is 16.1. The SMILES string of the molecule is CC(=O)NCc1cncc(C2CCCN2c2cc(C)nc(N)n2)n1. The first-order valence-electron chi connectivity index (χ1n) is 7.96. The van der Waals surface area contributed by atoms with Crippen LogP contribution < -0.4 is 16.0 Å². The Morgan fingerprint density at radius 2 is 2.21 bits per heavy atom. The van der Waals surface area contributed by atoms with E-state index >= 15 is 0 Å². The lowest BCUT2D eigenvalue weighted by atomic mass is 10.1. The lowest BCUT2D eigenvalue weighted by Gasteiger charge is -2.25. The second-order valence-corrected chi connectivity index (χ2v) is 5.92. The van der Waals surface area contributed by atoms with Crippen LogP contribution in [0.5, 0.6) is 0 Å². The predicted molar refractivity (Wildman–Crippen MR) is 90.1 cm³/mol. The lowest BCUT2D eigenvalue weighted by molar-refractivity contribution is -0.119. The van der Waals surface area contributed by atoms with Crippen LogP contribution in [0, 0.1) is 6.92 Å². The minimum atomic E-state index is -0.0865. The van der Waals surface area contributed by atoms with Crippen LogP contribution in [0.3, 0.4) is 0 Å². The molecule has 0 radical (unpaired) electrons. The van der Waals surface area contributed by atoms with E-state index in [1.165, 1.54) is 6.92 Å². The first-order chi connectivity index (χ1) is 11.5. The molecule has 0 bridgehead atoms. The molecule has 24 heavy (non-hydrogen) atoms. The van der Waals surface area contributed by atoms with Crippen molar-refractivity contribution in [1.82, 2.24) is 25.3 Å². The molecule has 1 fully saturated rings. The third kappa shape index (κ3) is 3.58. The van der Waals surface area contributed by atoms with E-state index in [-0.39, 0.29) is 17.9 Å². The third-order valence-corrected chi connectivity index (χ3v) is 3.97. The zero-order chi connectivity index (χ0) is 17.1. The number of nitrogens with one attached hydrogen (secondary N) is 1. The Hall–Kier alpha value is -2.77. The molecular formula is C16H21N7O. The van der Waals surface area contributed by atoms with Crippen molar-refractivity contribution in [3.63, 3.8) is 0 Å². The molecule has 1 aliphatic rings. The number of nitrogen functional groups attached to an aromatic ring is 1. The Kier molecular flexibility index (Phi) is 4.54. The summed E-state index contributed by atoms with van der Waals surface area (Å²) in [7, 11) is 0. The van der Waals surface area contributed by atoms with E-state index in [1.807, 2.05) is 13.0 Å². The van der Waals surface area contributed by atoms with Gasteiger partial charge in [0.2, 0.25) is 11.9 Å². The molecular weight excluding hydrogens is 306 g/mol. The number of nitrogens with zero attached hydrogens (tertiary/aromatic N) is 5. The van der Waals surface area contributed by atoms with Crippen molar-refractivity contribution in [1.29, 1.82) is 0 Å². The van der Waals surface area contributed by atoms with Gasteiger partial charge in [0.15, 0.2) is 0 Å². The molecule has 1 amide bonds. The normalized spacial score (nSPS) is 17.1. The largest absolute Gasteiger partial charge is 0.368 e. The van der Waals surface area contributed by atoms with Crippen LogP contribution in [0.2, 0.25) is 0 Å². The lowest BCUT2D eigenvalue weighted by Crippen LogP contribution is -2.26. The van der Waals surface area contributed by atoms with E-state index in [9.17, 15) is 4.79 Å². The van der Waals surface area contributed by atoms with Crippen molar-refractivity contribution in [3.05, 3.63) is 35.5 Å². The van der Waals surface area contributed by atoms with Crippen LogP contribution in [0.25, 0.3) is 0 Å². The molecule has 1 aliphatic heterocycles. The monoisotopic (exact) mass is 327 g/mol. The fourth-order valence-electron chi connectivity index (χ4n) is 2.95. The van der Waals surface area contributed by atoms with Gasteiger partial charge in [-0.3, -0.25) is 14.8 Å². The molecule has 2 aromatic rings. The number of carbonyl (C=O) groups excluding carboxylic acids is 1. The fraction of sp³-hybridized carbons (Fsp3) is 0.438. The third-order valence-electron chi connectivity index (χ3n) is 3.97. The minimum absolute atomic E-state index is 0.0865. The number of hydrogen-bond acceptors (Lipinski definition) is 7. The summed E-state index contributed by atoms with van der Waals surface area (Å²) < 4.78 is 0. The Labute approximate surface area is 140 Å². The number of anilines is 2. The van der Waals surface area contributed by atoms with Gasteiger partial charge in [-0.15, -0.1) is 0 Å². The molecule has 0 saturated carbocycles. The summed E-state index contributed by atoms with van der Waals surface area (Å²) in [4.78, 5) is 30.7. The quantitative estimate of drug-likeness (QED) is 0.866. The van der Waals surface area contributed by atoms with Gasteiger partial charge in [-0.25, -0.2) is 4.98 Å². The van der Waals surface area contributed by atoms with Crippen LogP contribution in [0.4, 0.5) is 11.8 Å². The van der Waals surface area contributed by atoms with Gasteiger partial charge in [0.05, 0.1) is 36.4 Å². The van der Waals surface area contributed by atoms with Gasteiger partial charge in [-0.1, -0.05) is 0 Å². The summed E-state index contributed by atoms with van der Waals surface area (Å²) in [6, 6.07) is 2.03. The van der Waals surface area contributed by atoms with Gasteiger partial charge in [0.25, 0.3) is 0 Å². The molecule has 3 N–H and O–H groups in total. The summed E-state index contributed by atoms with van der Waals surface area (Å²) in [6.45, 7) is 4.65. The molecule has 8 nitrogen and oxygen atoms in total. The van der Waals surface area contributed by atoms with Crippen LogP contribution in [0.15, 0.2) is 18.5 Å². The maximum Gasteiger partial charge on any atom is 0.222 e. The van der Waals surface area contributed by atoms with Crippen LogP contribution in [-0.2, 0) is 11.3 Å². The molecule has 0 spiro atoms. The van der Waals surface area contributed by atoms with Crippen molar-refractivity contribution in [2.24, 2.45) is 0 Å². The van der Waals surface area contributed by atoms with Gasteiger partial charge in [0, 0.05) is 25.2 Å². The number of aryl methyl sites for hydroxylation is 1. The molecule has 1 unspecified atom stereocenters. The molecule has 3 rings (SSSR count). The average molecular weight is 327 g/mol. The number of hydrogen-bond donors (Lipinski definition) is 2. The van der Waals surface area contributed by atoms with E-state index in [1.54, 1.807) is 12.4 Å². The minimum Gasteiger partial charge on any atom is -0.368 e. The molecule has 2 aromatic heterocycles. The first-order valence-corrected chi connectivity index (χ1v) is 7.96. The summed E-state index contributed by atoms with van der Waals surface area (Å²) in [6.07, 6.45) is 5.47. The average Bonchev–Trinajstić information content (AvgIpc) is 3.02. The van der Waals surface area contributed by atoms with Crippen molar-refractivity contribution in [2.75, 3.05) is 17.2 Å². The second-order valence-electron chi connectivity index (χ2n) is 5.92. The zero-order valence-corrected chi connectivity index (χ0v) is 13.9. The predicted octanol–water partition coefficient (Wildman–Crippen LogP) is 1.13. The summed E-state index contributed by atoms with van der Waals surface area (Å²) in [5.41, 5.74) is 8.25. The van der Waals surface area contributed by atoms with Crippen molar-refractivity contribution in [2.45, 2.75) is 39.3 Å². The molecule has 1 saturated heterocycles. The van der Waals surface area contributed by atoms with E-state index in [0.29, 0.717) is 6.54 Å². The zero-order valence-electron chi connectivity index (χ0n) is 13.9. The van der Waals surface area contributed by atoms with Crippen LogP contribution in [0.1, 0.15) is 42.9 Å². The number of amides is 1. The van der Waals surface area contributed by atoms with Crippen molar-refractivity contribution < 1.29 is 4.79 Å². The highest BCUT2D eigenvalue weighted by atomic mass is 16.1. The maximum atomic E-state index is 11.1. The van der Waals surface area contributed by atoms with Crippen molar-refractivity contribution in [3.8, 4) is 0 Å². The standard InChI is InChI=1S/C16H21N7O/c1-10-6-15(22-16(17)20-10)23-5-3-4-14(23)13-9-18-7-12(21-13)8-19-11(2)24/h6-7,9,14H,3-5,8H2,1-2H3,(H,19,24)(H2,17,20,22). The maximum absolute atomic E-state index is 11.1. The van der Waals surface area contributed by atoms with Gasteiger partial charge in [-0.05, 0) is 19.8 Å². The smallest absolute Gasteiger partial charge is 0.222 e. The molecule has 126 valence electrons. The highest BCUT2D eigenvalue weighted by Gasteiger charge is 2.29. The number of carbonyl (C=O) groups is 1.